The first-order valence-corrected chi connectivity index (χ1v) is 8.94. The molecule has 0 aromatic rings. The average Bonchev–Trinajstić information content (AvgIpc) is 2.52. The van der Waals surface area contributed by atoms with Gasteiger partial charge in [0.05, 0.1) is 0 Å². The van der Waals surface area contributed by atoms with Gasteiger partial charge in [-0.2, -0.15) is 0 Å². The van der Waals surface area contributed by atoms with Crippen molar-refractivity contribution in [3.8, 4) is 0 Å². The molecule has 128 valence electrons. The molecule has 0 aliphatic carbocycles. The van der Waals surface area contributed by atoms with Crippen LogP contribution >= 0.6 is 0 Å². The summed E-state index contributed by atoms with van der Waals surface area (Å²) in [6.45, 7) is 7.31. The quantitative estimate of drug-likeness (QED) is 0.711. The SMILES string of the molecule is CC/C=C/N(C(=O)C(CCC)CCN(C)C)C1CCNCC1. The summed E-state index contributed by atoms with van der Waals surface area (Å²) in [7, 11) is 4.16. The molecule has 1 rings (SSSR count). The van der Waals surface area contributed by atoms with Gasteiger partial charge in [0.25, 0.3) is 0 Å². The number of hydrogen-bond donors (Lipinski definition) is 1. The zero-order chi connectivity index (χ0) is 16.4. The predicted octanol–water partition coefficient (Wildman–Crippen LogP) is 2.86. The largest absolute Gasteiger partial charge is 0.317 e. The number of nitrogens with one attached hydrogen (secondary N) is 1. The minimum atomic E-state index is 0.156. The second kappa shape index (κ2) is 10.8. The van der Waals surface area contributed by atoms with Crippen LogP contribution in [0.2, 0.25) is 0 Å². The minimum Gasteiger partial charge on any atom is -0.317 e. The fourth-order valence-electron chi connectivity index (χ4n) is 3.04. The Morgan fingerprint density at radius 1 is 1.23 bits per heavy atom. The maximum atomic E-state index is 13.1. The second-order valence-corrected chi connectivity index (χ2v) is 6.60. The molecule has 4 nitrogen and oxygen atoms in total. The van der Waals surface area contributed by atoms with Gasteiger partial charge in [-0.15, -0.1) is 0 Å². The van der Waals surface area contributed by atoms with Gasteiger partial charge in [0.15, 0.2) is 0 Å². The van der Waals surface area contributed by atoms with E-state index in [2.05, 4.69) is 55.3 Å². The van der Waals surface area contributed by atoms with E-state index in [-0.39, 0.29) is 5.92 Å². The molecule has 0 bridgehead atoms. The van der Waals surface area contributed by atoms with E-state index in [0.29, 0.717) is 11.9 Å². The molecule has 1 aliphatic heterocycles. The number of amides is 1. The molecule has 1 unspecified atom stereocenters. The molecule has 1 amide bonds. The Labute approximate surface area is 136 Å². The van der Waals surface area contributed by atoms with E-state index in [9.17, 15) is 4.79 Å². The van der Waals surface area contributed by atoms with Crippen molar-refractivity contribution in [2.75, 3.05) is 33.7 Å². The van der Waals surface area contributed by atoms with E-state index in [1.165, 1.54) is 0 Å². The van der Waals surface area contributed by atoms with Crippen LogP contribution in [0.3, 0.4) is 0 Å². The third-order valence-electron chi connectivity index (χ3n) is 4.37. The van der Waals surface area contributed by atoms with Crippen LogP contribution < -0.4 is 5.32 Å². The molecular formula is C18H35N3O. The van der Waals surface area contributed by atoms with E-state index in [0.717, 1.165) is 58.2 Å². The van der Waals surface area contributed by atoms with Crippen LogP contribution in [0.4, 0.5) is 0 Å². The first kappa shape index (κ1) is 19.2. The van der Waals surface area contributed by atoms with Crippen LogP contribution in [0.5, 0.6) is 0 Å². The lowest BCUT2D eigenvalue weighted by atomic mass is 9.95. The predicted molar refractivity (Wildman–Crippen MR) is 93.7 cm³/mol. The average molecular weight is 309 g/mol. The topological polar surface area (TPSA) is 35.6 Å². The van der Waals surface area contributed by atoms with Gasteiger partial charge in [0.1, 0.15) is 0 Å². The van der Waals surface area contributed by atoms with Crippen molar-refractivity contribution in [2.45, 2.75) is 58.4 Å². The summed E-state index contributed by atoms with van der Waals surface area (Å²) in [6.07, 6.45) is 10.3. The van der Waals surface area contributed by atoms with Gasteiger partial charge < -0.3 is 15.1 Å². The summed E-state index contributed by atoms with van der Waals surface area (Å²) in [6, 6.07) is 0.371. The highest BCUT2D eigenvalue weighted by molar-refractivity contribution is 5.80. The Hall–Kier alpha value is -0.870. The van der Waals surface area contributed by atoms with Crippen molar-refractivity contribution in [3.05, 3.63) is 12.3 Å². The number of piperidine rings is 1. The smallest absolute Gasteiger partial charge is 0.229 e. The van der Waals surface area contributed by atoms with Crippen LogP contribution in [0.25, 0.3) is 0 Å². The van der Waals surface area contributed by atoms with Gasteiger partial charge in [-0.05, 0) is 65.8 Å². The van der Waals surface area contributed by atoms with Gasteiger partial charge >= 0.3 is 0 Å². The molecule has 1 heterocycles. The van der Waals surface area contributed by atoms with Crippen molar-refractivity contribution in [1.29, 1.82) is 0 Å². The van der Waals surface area contributed by atoms with Gasteiger partial charge in [-0.25, -0.2) is 0 Å². The van der Waals surface area contributed by atoms with Crippen molar-refractivity contribution in [1.82, 2.24) is 15.1 Å². The first-order chi connectivity index (χ1) is 10.6. The highest BCUT2D eigenvalue weighted by Gasteiger charge is 2.28. The summed E-state index contributed by atoms with van der Waals surface area (Å²) in [4.78, 5) is 17.3. The van der Waals surface area contributed by atoms with Crippen molar-refractivity contribution >= 4 is 5.91 Å². The molecule has 1 fully saturated rings. The highest BCUT2D eigenvalue weighted by atomic mass is 16.2. The Morgan fingerprint density at radius 3 is 2.45 bits per heavy atom. The number of nitrogens with zero attached hydrogens (tertiary/aromatic N) is 2. The zero-order valence-corrected chi connectivity index (χ0v) is 15.0. The molecule has 4 heteroatoms. The normalized spacial score (nSPS) is 18.0. The Morgan fingerprint density at radius 2 is 1.91 bits per heavy atom. The molecule has 1 saturated heterocycles. The minimum absolute atomic E-state index is 0.156. The van der Waals surface area contributed by atoms with E-state index in [1.54, 1.807) is 0 Å². The highest BCUT2D eigenvalue weighted by Crippen LogP contribution is 2.21. The van der Waals surface area contributed by atoms with Crippen LogP contribution in [-0.4, -0.2) is 55.5 Å². The molecule has 0 spiro atoms. The molecule has 0 aromatic heterocycles. The maximum absolute atomic E-state index is 13.1. The monoisotopic (exact) mass is 309 g/mol. The number of rotatable bonds is 9. The van der Waals surface area contributed by atoms with Crippen LogP contribution in [0, 0.1) is 5.92 Å². The Balaban J connectivity index is 2.78. The molecule has 1 aliphatic rings. The lowest BCUT2D eigenvalue weighted by Gasteiger charge is -2.35. The number of carbonyl (C=O) groups is 1. The van der Waals surface area contributed by atoms with Crippen molar-refractivity contribution < 1.29 is 4.79 Å². The molecule has 0 radical (unpaired) electrons. The molecular weight excluding hydrogens is 274 g/mol. The summed E-state index contributed by atoms with van der Waals surface area (Å²) < 4.78 is 0. The summed E-state index contributed by atoms with van der Waals surface area (Å²) in [5.74, 6) is 0.490. The van der Waals surface area contributed by atoms with E-state index in [1.807, 2.05) is 0 Å². The lowest BCUT2D eigenvalue weighted by Crippen LogP contribution is -2.45. The first-order valence-electron chi connectivity index (χ1n) is 8.94. The Bertz CT molecular complexity index is 335. The number of allylic oxidation sites excluding steroid dienone is 1. The van der Waals surface area contributed by atoms with E-state index < -0.39 is 0 Å². The van der Waals surface area contributed by atoms with E-state index >= 15 is 0 Å². The zero-order valence-electron chi connectivity index (χ0n) is 15.0. The summed E-state index contributed by atoms with van der Waals surface area (Å²) in [5.41, 5.74) is 0. The summed E-state index contributed by atoms with van der Waals surface area (Å²) >= 11 is 0. The van der Waals surface area contributed by atoms with Crippen LogP contribution in [0.1, 0.15) is 52.4 Å². The van der Waals surface area contributed by atoms with Crippen LogP contribution in [-0.2, 0) is 4.79 Å². The standard InChI is InChI=1S/C18H35N3O/c1-5-7-14-21(17-9-12-19-13-10-17)18(22)16(8-6-2)11-15-20(3)4/h7,14,16-17,19H,5-6,8-13,15H2,1-4H3/b14-7+. The van der Waals surface area contributed by atoms with Crippen LogP contribution in [0.15, 0.2) is 12.3 Å². The fraction of sp³-hybridized carbons (Fsp3) is 0.833. The van der Waals surface area contributed by atoms with Gasteiger partial charge in [-0.1, -0.05) is 26.3 Å². The van der Waals surface area contributed by atoms with Gasteiger partial charge in [0, 0.05) is 18.2 Å². The Kier molecular flexibility index (Phi) is 9.41. The third kappa shape index (κ3) is 6.49. The summed E-state index contributed by atoms with van der Waals surface area (Å²) in [5, 5.41) is 3.39. The fourth-order valence-corrected chi connectivity index (χ4v) is 3.04. The van der Waals surface area contributed by atoms with Gasteiger partial charge in [-0.3, -0.25) is 4.79 Å². The molecule has 1 atom stereocenters. The molecule has 1 N–H and O–H groups in total. The number of carbonyl (C=O) groups excluding carboxylic acids is 1. The van der Waals surface area contributed by atoms with Crippen molar-refractivity contribution in [3.63, 3.8) is 0 Å². The maximum Gasteiger partial charge on any atom is 0.229 e. The van der Waals surface area contributed by atoms with E-state index in [4.69, 9.17) is 0 Å². The third-order valence-corrected chi connectivity index (χ3v) is 4.37. The molecule has 0 saturated carbocycles. The lowest BCUT2D eigenvalue weighted by molar-refractivity contribution is -0.135. The van der Waals surface area contributed by atoms with Crippen molar-refractivity contribution in [2.24, 2.45) is 5.92 Å². The number of hydrogen-bond acceptors (Lipinski definition) is 3. The van der Waals surface area contributed by atoms with Gasteiger partial charge in [0.2, 0.25) is 5.91 Å². The molecule has 0 aromatic carbocycles. The molecule has 22 heavy (non-hydrogen) atoms. The second-order valence-electron chi connectivity index (χ2n) is 6.60.